The molecule has 4 rings (SSSR count). The number of hydrogen-bond donors (Lipinski definition) is 0. The predicted octanol–water partition coefficient (Wildman–Crippen LogP) is 6.73. The van der Waals surface area contributed by atoms with Crippen LogP contribution in [-0.2, 0) is 6.42 Å². The molecule has 0 atom stereocenters. The lowest BCUT2D eigenvalue weighted by atomic mass is 9.84. The maximum Gasteiger partial charge on any atom is 0.0130 e. The molecule has 0 spiro atoms. The third-order valence-electron chi connectivity index (χ3n) is 4.93. The molecule has 0 saturated carbocycles. The molecule has 4 aromatic rings. The second-order valence-electron chi connectivity index (χ2n) is 6.60. The molecule has 0 aliphatic rings. The van der Waals surface area contributed by atoms with Gasteiger partial charge < -0.3 is 0 Å². The highest BCUT2D eigenvalue weighted by Crippen LogP contribution is 2.32. The molecular weight excluding hydrogens is 312 g/mol. The predicted molar refractivity (Wildman–Crippen MR) is 110 cm³/mol. The maximum absolute atomic E-state index is 2.27. The second-order valence-corrected chi connectivity index (χ2v) is 6.60. The van der Waals surface area contributed by atoms with Gasteiger partial charge in [-0.2, -0.15) is 0 Å². The molecule has 0 aliphatic heterocycles. The van der Waals surface area contributed by atoms with Crippen molar-refractivity contribution < 1.29 is 0 Å². The van der Waals surface area contributed by atoms with E-state index in [0.717, 1.165) is 6.42 Å². The zero-order valence-electron chi connectivity index (χ0n) is 14.8. The van der Waals surface area contributed by atoms with E-state index in [0.29, 0.717) is 5.92 Å². The summed E-state index contributed by atoms with van der Waals surface area (Å²) in [5.74, 6) is 0.349. The van der Waals surface area contributed by atoms with Crippen LogP contribution in [0.3, 0.4) is 0 Å². The summed E-state index contributed by atoms with van der Waals surface area (Å²) in [7, 11) is 0. The summed E-state index contributed by atoms with van der Waals surface area (Å²) < 4.78 is 0. The van der Waals surface area contributed by atoms with E-state index in [1.807, 2.05) is 0 Å². The van der Waals surface area contributed by atoms with E-state index in [-0.39, 0.29) is 0 Å². The van der Waals surface area contributed by atoms with E-state index >= 15 is 0 Å². The van der Waals surface area contributed by atoms with Gasteiger partial charge in [0.05, 0.1) is 0 Å². The molecule has 0 amide bonds. The average Bonchev–Trinajstić information content (AvgIpc) is 2.74. The molecule has 0 bridgehead atoms. The molecule has 4 aromatic carbocycles. The van der Waals surface area contributed by atoms with Crippen LogP contribution in [0.4, 0.5) is 0 Å². The minimum Gasteiger partial charge on any atom is -0.0622 e. The number of benzene rings is 4. The molecule has 0 heteroatoms. The molecule has 0 radical (unpaired) electrons. The van der Waals surface area contributed by atoms with E-state index < -0.39 is 0 Å². The maximum atomic E-state index is 2.27. The van der Waals surface area contributed by atoms with Crippen LogP contribution in [0.25, 0.3) is 11.1 Å². The second kappa shape index (κ2) is 7.84. The van der Waals surface area contributed by atoms with Crippen molar-refractivity contribution in [2.45, 2.75) is 12.3 Å². The SMILES string of the molecule is c1ccc(-c2ccccc2CC(c2ccccc2)c2ccccc2)cc1. The minimum atomic E-state index is 0.349. The lowest BCUT2D eigenvalue weighted by Gasteiger charge is -2.20. The molecule has 0 aromatic heterocycles. The van der Waals surface area contributed by atoms with E-state index in [2.05, 4.69) is 115 Å². The Morgan fingerprint density at radius 2 is 0.923 bits per heavy atom. The number of hydrogen-bond acceptors (Lipinski definition) is 0. The summed E-state index contributed by atoms with van der Waals surface area (Å²) in [6.45, 7) is 0. The molecule has 0 unspecified atom stereocenters. The van der Waals surface area contributed by atoms with E-state index in [1.165, 1.54) is 27.8 Å². The lowest BCUT2D eigenvalue weighted by Crippen LogP contribution is -2.06. The van der Waals surface area contributed by atoms with Crippen molar-refractivity contribution >= 4 is 0 Å². The Bertz CT molecular complexity index is 901. The lowest BCUT2D eigenvalue weighted by molar-refractivity contribution is 0.806. The van der Waals surface area contributed by atoms with Gasteiger partial charge in [-0.1, -0.05) is 115 Å². The van der Waals surface area contributed by atoms with Crippen molar-refractivity contribution in [2.75, 3.05) is 0 Å². The van der Waals surface area contributed by atoms with E-state index in [1.54, 1.807) is 0 Å². The van der Waals surface area contributed by atoms with Gasteiger partial charge in [0.15, 0.2) is 0 Å². The highest BCUT2D eigenvalue weighted by molar-refractivity contribution is 5.67. The first-order valence-corrected chi connectivity index (χ1v) is 9.15. The first-order chi connectivity index (χ1) is 12.9. The molecular formula is C26H22. The summed E-state index contributed by atoms with van der Waals surface area (Å²) in [5.41, 5.74) is 6.72. The Morgan fingerprint density at radius 3 is 1.50 bits per heavy atom. The summed E-state index contributed by atoms with van der Waals surface area (Å²) in [5, 5.41) is 0. The van der Waals surface area contributed by atoms with Gasteiger partial charge in [-0.15, -0.1) is 0 Å². The van der Waals surface area contributed by atoms with Crippen LogP contribution in [0, 0.1) is 0 Å². The van der Waals surface area contributed by atoms with Crippen molar-refractivity contribution in [3.05, 3.63) is 132 Å². The van der Waals surface area contributed by atoms with Crippen LogP contribution >= 0.6 is 0 Å². The highest BCUT2D eigenvalue weighted by atomic mass is 14.2. The third kappa shape index (κ3) is 3.60. The monoisotopic (exact) mass is 334 g/mol. The van der Waals surface area contributed by atoms with Gasteiger partial charge >= 0.3 is 0 Å². The van der Waals surface area contributed by atoms with Gasteiger partial charge in [-0.25, -0.2) is 0 Å². The van der Waals surface area contributed by atoms with Crippen LogP contribution in [0.15, 0.2) is 115 Å². The zero-order chi connectivity index (χ0) is 17.6. The van der Waals surface area contributed by atoms with Crippen LogP contribution in [-0.4, -0.2) is 0 Å². The molecule has 0 N–H and O–H groups in total. The summed E-state index contributed by atoms with van der Waals surface area (Å²) in [6.07, 6.45) is 0.985. The summed E-state index contributed by atoms with van der Waals surface area (Å²) in [4.78, 5) is 0. The molecule has 0 fully saturated rings. The fourth-order valence-corrected chi connectivity index (χ4v) is 3.62. The Kier molecular flexibility index (Phi) is 4.93. The molecule has 26 heavy (non-hydrogen) atoms. The minimum absolute atomic E-state index is 0.349. The topological polar surface area (TPSA) is 0 Å². The summed E-state index contributed by atoms with van der Waals surface area (Å²) in [6, 6.07) is 41.1. The molecule has 0 nitrogen and oxygen atoms in total. The fourth-order valence-electron chi connectivity index (χ4n) is 3.62. The zero-order valence-corrected chi connectivity index (χ0v) is 14.8. The van der Waals surface area contributed by atoms with Gasteiger partial charge in [-0.05, 0) is 34.2 Å². The molecule has 126 valence electrons. The normalized spacial score (nSPS) is 10.8. The Balaban J connectivity index is 1.76. The Labute approximate surface area is 155 Å². The Hall–Kier alpha value is -3.12. The van der Waals surface area contributed by atoms with Crippen molar-refractivity contribution in [3.63, 3.8) is 0 Å². The largest absolute Gasteiger partial charge is 0.0622 e. The van der Waals surface area contributed by atoms with Crippen molar-refractivity contribution in [1.29, 1.82) is 0 Å². The first-order valence-electron chi connectivity index (χ1n) is 9.15. The van der Waals surface area contributed by atoms with Gasteiger partial charge in [-0.3, -0.25) is 0 Å². The van der Waals surface area contributed by atoms with Crippen LogP contribution in [0.5, 0.6) is 0 Å². The van der Waals surface area contributed by atoms with E-state index in [9.17, 15) is 0 Å². The van der Waals surface area contributed by atoms with Gasteiger partial charge in [0.2, 0.25) is 0 Å². The summed E-state index contributed by atoms with van der Waals surface area (Å²) >= 11 is 0. The standard InChI is InChI=1S/C26H22/c1-4-12-21(13-5-1)25-19-11-10-18-24(25)20-26(22-14-6-2-7-15-22)23-16-8-3-9-17-23/h1-19,26H,20H2. The average molecular weight is 334 g/mol. The van der Waals surface area contributed by atoms with Gasteiger partial charge in [0.25, 0.3) is 0 Å². The van der Waals surface area contributed by atoms with Gasteiger partial charge in [0, 0.05) is 5.92 Å². The molecule has 0 aliphatic carbocycles. The first kappa shape index (κ1) is 16.4. The van der Waals surface area contributed by atoms with Crippen molar-refractivity contribution in [3.8, 4) is 11.1 Å². The fraction of sp³-hybridized carbons (Fsp3) is 0.0769. The Morgan fingerprint density at radius 1 is 0.462 bits per heavy atom. The smallest absolute Gasteiger partial charge is 0.0130 e. The quantitative estimate of drug-likeness (QED) is 0.379. The van der Waals surface area contributed by atoms with Gasteiger partial charge in [0.1, 0.15) is 0 Å². The van der Waals surface area contributed by atoms with E-state index in [4.69, 9.17) is 0 Å². The van der Waals surface area contributed by atoms with Crippen LogP contribution < -0.4 is 0 Å². The molecule has 0 saturated heterocycles. The number of rotatable bonds is 5. The van der Waals surface area contributed by atoms with Crippen molar-refractivity contribution in [2.24, 2.45) is 0 Å². The third-order valence-corrected chi connectivity index (χ3v) is 4.93. The highest BCUT2D eigenvalue weighted by Gasteiger charge is 2.16. The van der Waals surface area contributed by atoms with Crippen LogP contribution in [0.1, 0.15) is 22.6 Å². The van der Waals surface area contributed by atoms with Crippen LogP contribution in [0.2, 0.25) is 0 Å². The molecule has 0 heterocycles. The van der Waals surface area contributed by atoms with Crippen molar-refractivity contribution in [1.82, 2.24) is 0 Å².